The minimum absolute atomic E-state index is 0.0525. The van der Waals surface area contributed by atoms with Gasteiger partial charge in [-0.1, -0.05) is 0 Å². The molecule has 1 unspecified atom stereocenters. The molecule has 1 fully saturated rings. The zero-order chi connectivity index (χ0) is 15.3. The zero-order valence-corrected chi connectivity index (χ0v) is 12.5. The summed E-state index contributed by atoms with van der Waals surface area (Å²) in [5, 5.41) is 0. The smallest absolute Gasteiger partial charge is 0.171 e. The van der Waals surface area contributed by atoms with Gasteiger partial charge in [0, 0.05) is 6.07 Å². The van der Waals surface area contributed by atoms with Crippen LogP contribution in [0.1, 0.15) is 50.0 Å². The van der Waals surface area contributed by atoms with Gasteiger partial charge in [0.1, 0.15) is 11.6 Å². The SMILES string of the molecule is Cc1cc(C(=O)C2CC(C)(C)OC2(C)C)c(F)cc1F. The van der Waals surface area contributed by atoms with E-state index in [9.17, 15) is 13.6 Å². The summed E-state index contributed by atoms with van der Waals surface area (Å²) in [7, 11) is 0. The second kappa shape index (κ2) is 4.62. The van der Waals surface area contributed by atoms with Gasteiger partial charge in [0.25, 0.3) is 0 Å². The summed E-state index contributed by atoms with van der Waals surface area (Å²) in [6.07, 6.45) is 0.523. The molecule has 0 radical (unpaired) electrons. The number of aryl methyl sites for hydroxylation is 1. The van der Waals surface area contributed by atoms with Crippen LogP contribution in [0.5, 0.6) is 0 Å². The van der Waals surface area contributed by atoms with E-state index in [0.29, 0.717) is 6.42 Å². The van der Waals surface area contributed by atoms with Crippen LogP contribution in [0.4, 0.5) is 8.78 Å². The maximum Gasteiger partial charge on any atom is 0.171 e. The molecule has 2 nitrogen and oxygen atoms in total. The number of rotatable bonds is 2. The van der Waals surface area contributed by atoms with Crippen LogP contribution >= 0.6 is 0 Å². The molecule has 1 aliphatic heterocycles. The van der Waals surface area contributed by atoms with Crippen LogP contribution in [0.25, 0.3) is 0 Å². The molecule has 0 saturated carbocycles. The minimum atomic E-state index is -0.807. The number of ketones is 1. The van der Waals surface area contributed by atoms with Crippen molar-refractivity contribution in [2.45, 2.75) is 52.2 Å². The third-order valence-electron chi connectivity index (χ3n) is 3.90. The monoisotopic (exact) mass is 282 g/mol. The third-order valence-corrected chi connectivity index (χ3v) is 3.90. The molecule has 1 aliphatic rings. The number of hydrogen-bond acceptors (Lipinski definition) is 2. The number of carbonyl (C=O) groups excluding carboxylic acids is 1. The highest BCUT2D eigenvalue weighted by atomic mass is 19.1. The number of benzene rings is 1. The standard InChI is InChI=1S/C16H20F2O2/c1-9-6-10(13(18)7-12(9)17)14(19)11-8-15(2,3)20-16(11,4)5/h6-7,11H,8H2,1-5H3. The molecule has 1 saturated heterocycles. The van der Waals surface area contributed by atoms with Crippen LogP contribution in [-0.4, -0.2) is 17.0 Å². The van der Waals surface area contributed by atoms with Crippen molar-refractivity contribution in [1.29, 1.82) is 0 Å². The lowest BCUT2D eigenvalue weighted by atomic mass is 9.81. The molecule has 0 amide bonds. The van der Waals surface area contributed by atoms with Crippen LogP contribution in [0.2, 0.25) is 0 Å². The van der Waals surface area contributed by atoms with Gasteiger partial charge in [-0.15, -0.1) is 0 Å². The number of carbonyl (C=O) groups is 1. The minimum Gasteiger partial charge on any atom is -0.369 e. The van der Waals surface area contributed by atoms with Crippen molar-refractivity contribution in [3.8, 4) is 0 Å². The summed E-state index contributed by atoms with van der Waals surface area (Å²) in [5.74, 6) is -2.20. The van der Waals surface area contributed by atoms with Gasteiger partial charge in [-0.2, -0.15) is 0 Å². The van der Waals surface area contributed by atoms with E-state index in [4.69, 9.17) is 4.74 Å². The second-order valence-electron chi connectivity index (χ2n) is 6.67. The van der Waals surface area contributed by atoms with Gasteiger partial charge >= 0.3 is 0 Å². The van der Waals surface area contributed by atoms with Crippen molar-refractivity contribution in [3.63, 3.8) is 0 Å². The van der Waals surface area contributed by atoms with E-state index in [1.165, 1.54) is 13.0 Å². The van der Waals surface area contributed by atoms with Gasteiger partial charge in [-0.25, -0.2) is 8.78 Å². The van der Waals surface area contributed by atoms with Gasteiger partial charge in [0.15, 0.2) is 5.78 Å². The first-order chi connectivity index (χ1) is 9.03. The molecule has 1 aromatic rings. The molecule has 1 heterocycles. The summed E-state index contributed by atoms with van der Waals surface area (Å²) in [5.41, 5.74) is -0.862. The van der Waals surface area contributed by atoms with E-state index in [1.807, 2.05) is 27.7 Å². The Morgan fingerprint density at radius 2 is 1.80 bits per heavy atom. The van der Waals surface area contributed by atoms with Crippen LogP contribution < -0.4 is 0 Å². The Morgan fingerprint density at radius 3 is 2.30 bits per heavy atom. The molecule has 0 aromatic heterocycles. The summed E-state index contributed by atoms with van der Waals surface area (Å²) >= 11 is 0. The van der Waals surface area contributed by atoms with Gasteiger partial charge in [-0.05, 0) is 52.7 Å². The van der Waals surface area contributed by atoms with E-state index in [0.717, 1.165) is 6.07 Å². The van der Waals surface area contributed by atoms with Crippen molar-refractivity contribution in [2.75, 3.05) is 0 Å². The molecule has 1 atom stereocenters. The first-order valence-electron chi connectivity index (χ1n) is 6.73. The highest BCUT2D eigenvalue weighted by Crippen LogP contribution is 2.43. The highest BCUT2D eigenvalue weighted by molar-refractivity contribution is 5.99. The van der Waals surface area contributed by atoms with Crippen LogP contribution in [0, 0.1) is 24.5 Å². The third kappa shape index (κ3) is 2.62. The second-order valence-corrected chi connectivity index (χ2v) is 6.67. The van der Waals surface area contributed by atoms with Crippen molar-refractivity contribution < 1.29 is 18.3 Å². The lowest BCUT2D eigenvalue weighted by Gasteiger charge is -2.26. The highest BCUT2D eigenvalue weighted by Gasteiger charge is 2.49. The number of Topliss-reactive ketones (excluding diaryl/α,β-unsaturated/α-hetero) is 1. The first-order valence-corrected chi connectivity index (χ1v) is 6.73. The van der Waals surface area contributed by atoms with Gasteiger partial charge < -0.3 is 4.74 Å². The van der Waals surface area contributed by atoms with Crippen LogP contribution in [0.15, 0.2) is 12.1 Å². The summed E-state index contributed by atoms with van der Waals surface area (Å²) in [6.45, 7) is 9.01. The van der Waals surface area contributed by atoms with Crippen molar-refractivity contribution in [3.05, 3.63) is 34.9 Å². The van der Waals surface area contributed by atoms with E-state index < -0.39 is 28.8 Å². The Labute approximate surface area is 118 Å². The van der Waals surface area contributed by atoms with Crippen LogP contribution in [0.3, 0.4) is 0 Å². The molecule has 2 rings (SSSR count). The predicted octanol–water partition coefficient (Wildman–Crippen LogP) is 4.05. The van der Waals surface area contributed by atoms with Crippen molar-refractivity contribution in [1.82, 2.24) is 0 Å². The Morgan fingerprint density at radius 1 is 1.20 bits per heavy atom. The van der Waals surface area contributed by atoms with Crippen molar-refractivity contribution in [2.24, 2.45) is 5.92 Å². The van der Waals surface area contributed by atoms with Gasteiger partial charge in [0.05, 0.1) is 22.7 Å². The molecule has 110 valence electrons. The molecule has 0 aliphatic carbocycles. The number of halogens is 2. The fraction of sp³-hybridized carbons (Fsp3) is 0.562. The molecule has 4 heteroatoms. The van der Waals surface area contributed by atoms with E-state index >= 15 is 0 Å². The maximum atomic E-state index is 13.9. The maximum absolute atomic E-state index is 13.9. The van der Waals surface area contributed by atoms with Crippen molar-refractivity contribution >= 4 is 5.78 Å². The van der Waals surface area contributed by atoms with Gasteiger partial charge in [-0.3, -0.25) is 4.79 Å². The normalized spacial score (nSPS) is 23.9. The quantitative estimate of drug-likeness (QED) is 0.765. The molecule has 0 spiro atoms. The predicted molar refractivity (Wildman–Crippen MR) is 72.8 cm³/mol. The Kier molecular flexibility index (Phi) is 3.49. The number of hydrogen-bond donors (Lipinski definition) is 0. The fourth-order valence-electron chi connectivity index (χ4n) is 3.00. The fourth-order valence-corrected chi connectivity index (χ4v) is 3.00. The molecule has 1 aromatic carbocycles. The molecular formula is C16H20F2O2. The Balaban J connectivity index is 2.40. The van der Waals surface area contributed by atoms with E-state index in [1.54, 1.807) is 0 Å². The zero-order valence-electron chi connectivity index (χ0n) is 12.5. The average molecular weight is 282 g/mol. The summed E-state index contributed by atoms with van der Waals surface area (Å²) in [4.78, 5) is 12.6. The van der Waals surface area contributed by atoms with E-state index in [-0.39, 0.29) is 16.9 Å². The summed E-state index contributed by atoms with van der Waals surface area (Å²) in [6, 6.07) is 2.06. The van der Waals surface area contributed by atoms with Crippen LogP contribution in [-0.2, 0) is 4.74 Å². The average Bonchev–Trinajstić information content (AvgIpc) is 2.51. The first kappa shape index (κ1) is 15.1. The molecule has 0 bridgehead atoms. The lowest BCUT2D eigenvalue weighted by molar-refractivity contribution is -0.0712. The summed E-state index contributed by atoms with van der Waals surface area (Å²) < 4.78 is 33.0. The lowest BCUT2D eigenvalue weighted by Crippen LogP contribution is -2.34. The molecule has 0 N–H and O–H groups in total. The topological polar surface area (TPSA) is 26.3 Å². The molecule has 20 heavy (non-hydrogen) atoms. The Bertz CT molecular complexity index is 562. The Hall–Kier alpha value is -1.29. The van der Waals surface area contributed by atoms with Gasteiger partial charge in [0.2, 0.25) is 0 Å². The van der Waals surface area contributed by atoms with E-state index in [2.05, 4.69) is 0 Å². The molecular weight excluding hydrogens is 262 g/mol. The largest absolute Gasteiger partial charge is 0.369 e. The number of ether oxygens (including phenoxy) is 1.